The number of morpholine rings is 1. The first-order chi connectivity index (χ1) is 56.1. The Morgan fingerprint density at radius 2 is 1.01 bits per heavy atom. The number of fused-ring (bicyclic) bond motifs is 3. The molecule has 4 fully saturated rings. The fourth-order valence-corrected chi connectivity index (χ4v) is 12.7. The zero-order valence-corrected chi connectivity index (χ0v) is 71.2. The summed E-state index contributed by atoms with van der Waals surface area (Å²) in [6, 6.07) is 10.5. The van der Waals surface area contributed by atoms with Gasteiger partial charge >= 0.3 is 42.5 Å². The maximum Gasteiger partial charge on any atom is 0.420 e. The van der Waals surface area contributed by atoms with Crippen molar-refractivity contribution in [1.29, 1.82) is 0 Å². The van der Waals surface area contributed by atoms with E-state index in [1.165, 1.54) is 17.0 Å². The number of hydrogen-bond acceptors (Lipinski definition) is 22. The predicted molar refractivity (Wildman–Crippen MR) is 426 cm³/mol. The summed E-state index contributed by atoms with van der Waals surface area (Å²) in [5.74, 6) is -8.29. The number of aromatic nitrogens is 6. The Balaban J connectivity index is 0.000000202. The molecular weight excluding hydrogens is 1580 g/mol. The number of aryl methyl sites for hydroxylation is 1. The average Bonchev–Trinajstić information content (AvgIpc) is 1.61. The molecule has 10 heterocycles. The van der Waals surface area contributed by atoms with E-state index in [1.807, 2.05) is 98.6 Å². The van der Waals surface area contributed by atoms with E-state index in [0.29, 0.717) is 101 Å². The molecule has 120 heavy (non-hydrogen) atoms. The second kappa shape index (κ2) is 42.3. The summed E-state index contributed by atoms with van der Waals surface area (Å²) in [6.07, 6.45) is 4.59. The number of para-hydroxylation sites is 1. The summed E-state index contributed by atoms with van der Waals surface area (Å²) >= 11 is 0. The standard InChI is InChI=1S/C20H21F3N4O3.C17H26N4O4.C13H8F3NO2.C13H21N3O2.C10H17NO4.C6H10O2.C3H9NO/c1-11-3-4-30-20(29)27(11)16-8-24-26-9-12(2)25(10-17(16)26)18(28)7-13-5-14(21)19(23)15(22)6-13;1-11-7-20-14(8-19(11)16(23)25-17(3,4)5)13(6-18-20)21-12(2)9-24-10-15(21)22;14-10-6-8(7-11(15)12(10)16)17-13(18)19-9-4-2-1-3-5-9;1-9-6-14-16-7-10(2)15(8-11(9)16)12(17)18-13(3,4)5;1-7-5-6-14-8(12)11(7)9(13)15-10(2,3)4;1-5-2-3-8-6(7)4-5;1-3(4)2-5/h5-6,8,11-12H,3-4,7,9-10H2,1-2H3;6,11-12H,7-10H2,1-5H3;1-7H,(H,17,18);6,10H,7-8H2,1-5H3;7H,5-6H2,1-4H3;5H,2-4H2,1H3;3,5H,2,4H2,1H3/t11?,12-;11-,12?;;10-;;;/m00.0.../s1. The van der Waals surface area contributed by atoms with Crippen molar-refractivity contribution in [3.8, 4) is 5.75 Å². The number of carbonyl (C=O) groups is 9. The minimum absolute atomic E-state index is 0.0343. The van der Waals surface area contributed by atoms with Gasteiger partial charge in [-0.3, -0.25) is 48.4 Å². The Bertz CT molecular complexity index is 4500. The number of aliphatic hydroxyl groups is 1. The number of nitrogens with zero attached hydrogens (tertiary/aromatic N) is 12. The molecule has 660 valence electrons. The summed E-state index contributed by atoms with van der Waals surface area (Å²) in [4.78, 5) is 116. The van der Waals surface area contributed by atoms with Gasteiger partial charge in [0.25, 0.3) is 5.91 Å². The van der Waals surface area contributed by atoms with E-state index in [1.54, 1.807) is 89.5 Å². The number of imide groups is 1. The van der Waals surface area contributed by atoms with E-state index in [0.717, 1.165) is 52.6 Å². The molecule has 7 aliphatic heterocycles. The third kappa shape index (κ3) is 27.5. The van der Waals surface area contributed by atoms with E-state index in [2.05, 4.69) is 27.5 Å². The lowest BCUT2D eigenvalue weighted by Crippen LogP contribution is -2.50. The number of esters is 1. The second-order valence-electron chi connectivity index (χ2n) is 33.0. The van der Waals surface area contributed by atoms with Crippen LogP contribution in [-0.2, 0) is 93.2 Å². The van der Waals surface area contributed by atoms with Crippen LogP contribution in [0.3, 0.4) is 0 Å². The van der Waals surface area contributed by atoms with Crippen LogP contribution in [0.15, 0.2) is 73.2 Å². The van der Waals surface area contributed by atoms with Crippen molar-refractivity contribution >= 4 is 71.4 Å². The normalized spacial score (nSPS) is 20.3. The van der Waals surface area contributed by atoms with Crippen molar-refractivity contribution in [1.82, 2.24) is 48.9 Å². The van der Waals surface area contributed by atoms with Crippen molar-refractivity contribution in [2.45, 2.75) is 255 Å². The molecule has 8 atom stereocenters. The van der Waals surface area contributed by atoms with E-state index < -0.39 is 76.1 Å². The van der Waals surface area contributed by atoms with Gasteiger partial charge in [0.2, 0.25) is 5.91 Å². The van der Waals surface area contributed by atoms with Gasteiger partial charge in [-0.25, -0.2) is 60.0 Å². The first kappa shape index (κ1) is 96.1. The number of ether oxygens (including phenoxy) is 8. The van der Waals surface area contributed by atoms with Gasteiger partial charge in [-0.05, 0) is 165 Å². The Morgan fingerprint density at radius 3 is 1.48 bits per heavy atom. The molecule has 3 aromatic carbocycles. The zero-order valence-electron chi connectivity index (χ0n) is 71.2. The van der Waals surface area contributed by atoms with Crippen LogP contribution in [0.1, 0.15) is 172 Å². The zero-order chi connectivity index (χ0) is 89.2. The van der Waals surface area contributed by atoms with Crippen molar-refractivity contribution in [3.63, 3.8) is 0 Å². The van der Waals surface area contributed by atoms with Crippen molar-refractivity contribution in [2.75, 3.05) is 54.8 Å². The quantitative estimate of drug-likeness (QED) is 0.0578. The molecule has 0 spiro atoms. The fourth-order valence-electron chi connectivity index (χ4n) is 12.7. The number of nitrogens with one attached hydrogen (secondary N) is 1. The van der Waals surface area contributed by atoms with Crippen molar-refractivity contribution in [3.05, 3.63) is 136 Å². The van der Waals surface area contributed by atoms with Crippen LogP contribution in [0, 0.1) is 47.7 Å². The summed E-state index contributed by atoms with van der Waals surface area (Å²) < 4.78 is 125. The highest BCUT2D eigenvalue weighted by Gasteiger charge is 2.41. The van der Waals surface area contributed by atoms with Crippen molar-refractivity contribution < 1.29 is 112 Å². The van der Waals surface area contributed by atoms with Crippen LogP contribution in [0.4, 0.5) is 72.2 Å². The molecule has 6 aromatic rings. The molecule has 13 rings (SSSR count). The first-order valence-corrected chi connectivity index (χ1v) is 39.4. The number of amides is 8. The van der Waals surface area contributed by atoms with E-state index in [-0.39, 0.29) is 115 Å². The predicted octanol–water partition coefficient (Wildman–Crippen LogP) is 13.3. The van der Waals surface area contributed by atoms with Gasteiger partial charge in [0.15, 0.2) is 34.9 Å². The Morgan fingerprint density at radius 1 is 0.567 bits per heavy atom. The van der Waals surface area contributed by atoms with Crippen LogP contribution in [0.2, 0.25) is 0 Å². The van der Waals surface area contributed by atoms with Crippen LogP contribution in [0.25, 0.3) is 0 Å². The molecule has 0 bridgehead atoms. The van der Waals surface area contributed by atoms with Gasteiger partial charge in [-0.2, -0.15) is 15.3 Å². The third-order valence-electron chi connectivity index (χ3n) is 18.9. The molecule has 8 amide bonds. The van der Waals surface area contributed by atoms with Gasteiger partial charge in [0.1, 0.15) is 29.2 Å². The molecule has 7 aliphatic rings. The highest BCUT2D eigenvalue weighted by molar-refractivity contribution is 5.96. The number of halogens is 6. The number of hydrogen-bond donors (Lipinski definition) is 3. The number of rotatable bonds is 7. The maximum atomic E-state index is 13.5. The SMILES string of the molecule is CC(N)CO.CC1CCOC(=O)C1.CC1CCOC(=O)N1C(=O)OC(C)(C)C.CC1CCOC(=O)N1c1cnn2c1CN(C(=O)Cc1cc(F)c(F)c(F)c1)[C@@H](C)C2.CC1COCC(=O)N1c1cnn2c1CN(C(=O)OC(C)(C)C)[C@@H](C)C2.Cc1cnn2c1CN(C(=O)OC(C)(C)C)[C@@H](C)C2.O=C(Nc1cc(F)c(F)c(F)c1)Oc1ccccc1. The van der Waals surface area contributed by atoms with Crippen molar-refractivity contribution in [2.24, 2.45) is 11.7 Å². The molecule has 3 aromatic heterocycles. The summed E-state index contributed by atoms with van der Waals surface area (Å²) in [7, 11) is 0. The van der Waals surface area contributed by atoms with Gasteiger partial charge in [-0.15, -0.1) is 0 Å². The van der Waals surface area contributed by atoms with Gasteiger partial charge in [0.05, 0.1) is 150 Å². The van der Waals surface area contributed by atoms with Crippen LogP contribution in [-0.4, -0.2) is 207 Å². The Labute approximate surface area is 693 Å². The lowest BCUT2D eigenvalue weighted by Gasteiger charge is -2.37. The van der Waals surface area contributed by atoms with E-state index >= 15 is 0 Å². The molecular formula is C82H112F6N14O18. The third-order valence-corrected chi connectivity index (χ3v) is 18.9. The Kier molecular flexibility index (Phi) is 33.9. The van der Waals surface area contributed by atoms with Crippen LogP contribution < -0.4 is 25.6 Å². The van der Waals surface area contributed by atoms with Crippen LogP contribution in [0.5, 0.6) is 5.75 Å². The number of anilines is 3. The minimum Gasteiger partial charge on any atom is -0.466 e. The highest BCUT2D eigenvalue weighted by atomic mass is 19.2. The van der Waals surface area contributed by atoms with Gasteiger partial charge in [0, 0.05) is 55.6 Å². The lowest BCUT2D eigenvalue weighted by atomic mass is 10.0. The second-order valence-corrected chi connectivity index (χ2v) is 33.0. The number of aliphatic hydroxyl groups excluding tert-OH is 1. The van der Waals surface area contributed by atoms with Gasteiger partial charge < -0.3 is 58.5 Å². The highest BCUT2D eigenvalue weighted by Crippen LogP contribution is 2.34. The maximum absolute atomic E-state index is 13.5. The summed E-state index contributed by atoms with van der Waals surface area (Å²) in [5.41, 5.74) is 8.33. The van der Waals surface area contributed by atoms with E-state index in [4.69, 9.17) is 48.7 Å². The topological polar surface area (TPSA) is 359 Å². The molecule has 0 aliphatic carbocycles. The molecule has 0 radical (unpaired) electrons. The number of benzene rings is 3. The largest absolute Gasteiger partial charge is 0.466 e. The van der Waals surface area contributed by atoms with E-state index in [9.17, 15) is 69.5 Å². The Hall–Kier alpha value is -11.0. The molecule has 38 heteroatoms. The average molecular weight is 1700 g/mol. The molecule has 4 saturated heterocycles. The smallest absolute Gasteiger partial charge is 0.420 e. The monoisotopic (exact) mass is 1690 g/mol. The fraction of sp³-hybridized carbons (Fsp3) is 0.561. The summed E-state index contributed by atoms with van der Waals surface area (Å²) in [6.45, 7) is 38.6. The minimum atomic E-state index is -1.60. The molecule has 0 saturated carbocycles. The summed E-state index contributed by atoms with van der Waals surface area (Å²) in [5, 5.41) is 23.2. The number of cyclic esters (lactones) is 3. The number of nitrogens with two attached hydrogens (primary N) is 1. The molecule has 32 nitrogen and oxygen atoms in total. The van der Waals surface area contributed by atoms with Crippen LogP contribution >= 0.6 is 0 Å². The molecule has 5 unspecified atom stereocenters. The lowest BCUT2D eigenvalue weighted by molar-refractivity contribution is -0.148. The number of carbonyl (C=O) groups excluding carboxylic acids is 9. The first-order valence-electron chi connectivity index (χ1n) is 39.4. The van der Waals surface area contributed by atoms with Gasteiger partial charge in [-0.1, -0.05) is 25.1 Å². The molecule has 4 N–H and O–H groups in total.